The van der Waals surface area contributed by atoms with Crippen molar-refractivity contribution in [2.45, 2.75) is 39.3 Å². The summed E-state index contributed by atoms with van der Waals surface area (Å²) < 4.78 is 5.03. The second-order valence-corrected chi connectivity index (χ2v) is 5.73. The Hall–Kier alpha value is -2.57. The van der Waals surface area contributed by atoms with Crippen molar-refractivity contribution in [1.29, 1.82) is 0 Å². The zero-order valence-corrected chi connectivity index (χ0v) is 14.3. The van der Waals surface area contributed by atoms with Crippen LogP contribution in [0.2, 0.25) is 0 Å². The lowest BCUT2D eigenvalue weighted by Gasteiger charge is -2.23. The molecule has 1 aromatic rings. The molecule has 3 N–H and O–H groups in total. The number of methoxy groups -OCH3 is 1. The van der Waals surface area contributed by atoms with Gasteiger partial charge in [-0.15, -0.1) is 0 Å². The normalized spacial score (nSPS) is 13.0. The Bertz CT molecular complexity index is 583. The van der Waals surface area contributed by atoms with E-state index in [-0.39, 0.29) is 12.3 Å². The third-order valence-electron chi connectivity index (χ3n) is 3.61. The Kier molecular flexibility index (Phi) is 7.23. The van der Waals surface area contributed by atoms with Crippen molar-refractivity contribution < 1.29 is 24.2 Å². The first kappa shape index (κ1) is 19.5. The molecule has 7 nitrogen and oxygen atoms in total. The number of carbonyl (C=O) groups is 3. The van der Waals surface area contributed by atoms with E-state index in [0.29, 0.717) is 11.3 Å². The molecule has 0 spiro atoms. The van der Waals surface area contributed by atoms with Crippen LogP contribution in [0.5, 0.6) is 5.75 Å². The molecule has 0 saturated carbocycles. The Balaban J connectivity index is 2.82. The molecule has 0 fully saturated rings. The first-order valence-electron chi connectivity index (χ1n) is 7.78. The average Bonchev–Trinajstić information content (AvgIpc) is 2.56. The number of hydrogen-bond acceptors (Lipinski definition) is 4. The Morgan fingerprint density at radius 3 is 2.12 bits per heavy atom. The number of hydrogen-bond donors (Lipinski definition) is 3. The maximum Gasteiger partial charge on any atom is 0.326 e. The van der Waals surface area contributed by atoms with Gasteiger partial charge in [-0.2, -0.15) is 0 Å². The maximum absolute atomic E-state index is 12.3. The molecule has 7 heteroatoms. The van der Waals surface area contributed by atoms with Gasteiger partial charge in [0.15, 0.2) is 0 Å². The van der Waals surface area contributed by atoms with Crippen molar-refractivity contribution in [3.63, 3.8) is 0 Å². The number of nitrogens with one attached hydrogen (secondary N) is 2. The van der Waals surface area contributed by atoms with E-state index in [1.54, 1.807) is 45.0 Å². The van der Waals surface area contributed by atoms with Crippen LogP contribution in [-0.2, 0) is 9.59 Å². The molecule has 2 unspecified atom stereocenters. The van der Waals surface area contributed by atoms with Crippen LogP contribution < -0.4 is 15.4 Å². The molecule has 1 aromatic carbocycles. The third kappa shape index (κ3) is 5.26. The van der Waals surface area contributed by atoms with Gasteiger partial charge < -0.3 is 20.5 Å². The summed E-state index contributed by atoms with van der Waals surface area (Å²) >= 11 is 0. The number of aliphatic carboxylic acids is 1. The van der Waals surface area contributed by atoms with Gasteiger partial charge in [-0.05, 0) is 36.6 Å². The lowest BCUT2D eigenvalue weighted by Crippen LogP contribution is -2.53. The predicted molar refractivity (Wildman–Crippen MR) is 88.9 cm³/mol. The highest BCUT2D eigenvalue weighted by molar-refractivity contribution is 5.98. The zero-order chi connectivity index (χ0) is 18.3. The highest BCUT2D eigenvalue weighted by Gasteiger charge is 2.28. The smallest absolute Gasteiger partial charge is 0.326 e. The number of rotatable bonds is 8. The molecule has 2 atom stereocenters. The van der Waals surface area contributed by atoms with Crippen LogP contribution >= 0.6 is 0 Å². The van der Waals surface area contributed by atoms with Crippen molar-refractivity contribution in [2.24, 2.45) is 5.92 Å². The molecule has 132 valence electrons. The van der Waals surface area contributed by atoms with E-state index in [2.05, 4.69) is 10.6 Å². The van der Waals surface area contributed by atoms with Crippen molar-refractivity contribution in [2.75, 3.05) is 7.11 Å². The first-order valence-corrected chi connectivity index (χ1v) is 7.78. The SMILES string of the molecule is CCC(NC(=O)C(NC(=O)c1ccc(OC)cc1)C(C)C)C(=O)O. The van der Waals surface area contributed by atoms with Crippen LogP contribution in [0.25, 0.3) is 0 Å². The van der Waals surface area contributed by atoms with Gasteiger partial charge in [0.2, 0.25) is 5.91 Å². The van der Waals surface area contributed by atoms with Crippen LogP contribution in [0.4, 0.5) is 0 Å². The second-order valence-electron chi connectivity index (χ2n) is 5.73. The first-order chi connectivity index (χ1) is 11.3. The molecule has 0 radical (unpaired) electrons. The fourth-order valence-corrected chi connectivity index (χ4v) is 2.10. The van der Waals surface area contributed by atoms with Crippen LogP contribution in [0.3, 0.4) is 0 Å². The Labute approximate surface area is 141 Å². The van der Waals surface area contributed by atoms with Gasteiger partial charge in [-0.1, -0.05) is 20.8 Å². The monoisotopic (exact) mass is 336 g/mol. The molecule has 0 aliphatic carbocycles. The number of carboxylic acids is 1. The highest BCUT2D eigenvalue weighted by Crippen LogP contribution is 2.12. The number of benzene rings is 1. The van der Waals surface area contributed by atoms with E-state index in [1.807, 2.05) is 0 Å². The fourth-order valence-electron chi connectivity index (χ4n) is 2.10. The van der Waals surface area contributed by atoms with Crippen LogP contribution in [0.15, 0.2) is 24.3 Å². The van der Waals surface area contributed by atoms with Gasteiger partial charge in [0.1, 0.15) is 17.8 Å². The van der Waals surface area contributed by atoms with E-state index in [4.69, 9.17) is 9.84 Å². The lowest BCUT2D eigenvalue weighted by molar-refractivity contribution is -0.142. The molecule has 24 heavy (non-hydrogen) atoms. The number of ether oxygens (including phenoxy) is 1. The molecule has 0 aromatic heterocycles. The summed E-state index contributed by atoms with van der Waals surface area (Å²) in [6.45, 7) is 5.22. The van der Waals surface area contributed by atoms with Gasteiger partial charge in [-0.25, -0.2) is 4.79 Å². The summed E-state index contributed by atoms with van der Waals surface area (Å²) in [6.07, 6.45) is 0.262. The third-order valence-corrected chi connectivity index (χ3v) is 3.61. The maximum atomic E-state index is 12.3. The van der Waals surface area contributed by atoms with Gasteiger partial charge in [0.25, 0.3) is 5.91 Å². The van der Waals surface area contributed by atoms with Gasteiger partial charge in [-0.3, -0.25) is 9.59 Å². The summed E-state index contributed by atoms with van der Waals surface area (Å²) in [5.41, 5.74) is 0.388. The molecule has 0 aliphatic heterocycles. The molecular formula is C17H24N2O5. The van der Waals surface area contributed by atoms with E-state index >= 15 is 0 Å². The van der Waals surface area contributed by atoms with Gasteiger partial charge in [0.05, 0.1) is 7.11 Å². The Morgan fingerprint density at radius 1 is 1.12 bits per heavy atom. The molecule has 1 rings (SSSR count). The van der Waals surface area contributed by atoms with Crippen LogP contribution in [0, 0.1) is 5.92 Å². The minimum Gasteiger partial charge on any atom is -0.497 e. The summed E-state index contributed by atoms with van der Waals surface area (Å²) in [4.78, 5) is 35.7. The van der Waals surface area contributed by atoms with E-state index in [1.165, 1.54) is 7.11 Å². The topological polar surface area (TPSA) is 105 Å². The number of carbonyl (C=O) groups excluding carboxylic acids is 2. The number of carboxylic acid groups (broad SMARTS) is 1. The summed E-state index contributed by atoms with van der Waals surface area (Å²) in [5.74, 6) is -1.60. The van der Waals surface area contributed by atoms with Crippen LogP contribution in [0.1, 0.15) is 37.6 Å². The highest BCUT2D eigenvalue weighted by atomic mass is 16.5. The number of amides is 2. The summed E-state index contributed by atoms with van der Waals surface area (Å²) in [5, 5.41) is 14.1. The molecule has 0 bridgehead atoms. The van der Waals surface area contributed by atoms with E-state index in [9.17, 15) is 14.4 Å². The van der Waals surface area contributed by atoms with Gasteiger partial charge in [0, 0.05) is 5.56 Å². The fraction of sp³-hybridized carbons (Fsp3) is 0.471. The molecule has 0 aliphatic rings. The van der Waals surface area contributed by atoms with Crippen molar-refractivity contribution in [1.82, 2.24) is 10.6 Å². The van der Waals surface area contributed by atoms with Crippen molar-refractivity contribution in [3.05, 3.63) is 29.8 Å². The standard InChI is InChI=1S/C17H24N2O5/c1-5-13(17(22)23)18-16(21)14(10(2)3)19-15(20)11-6-8-12(24-4)9-7-11/h6-10,13-14H,5H2,1-4H3,(H,18,21)(H,19,20)(H,22,23). The Morgan fingerprint density at radius 2 is 1.71 bits per heavy atom. The molecule has 0 heterocycles. The lowest BCUT2D eigenvalue weighted by atomic mass is 10.0. The largest absolute Gasteiger partial charge is 0.497 e. The van der Waals surface area contributed by atoms with E-state index < -0.39 is 29.9 Å². The summed E-state index contributed by atoms with van der Waals surface area (Å²) in [6, 6.07) is 4.68. The van der Waals surface area contributed by atoms with Crippen molar-refractivity contribution >= 4 is 17.8 Å². The van der Waals surface area contributed by atoms with Gasteiger partial charge >= 0.3 is 5.97 Å². The minimum atomic E-state index is -1.10. The van der Waals surface area contributed by atoms with E-state index in [0.717, 1.165) is 0 Å². The minimum absolute atomic E-state index is 0.196. The molecular weight excluding hydrogens is 312 g/mol. The van der Waals surface area contributed by atoms with Crippen LogP contribution in [-0.4, -0.2) is 42.1 Å². The second kappa shape index (κ2) is 8.90. The summed E-state index contributed by atoms with van der Waals surface area (Å²) in [7, 11) is 1.53. The molecule has 0 saturated heterocycles. The predicted octanol–water partition coefficient (Wildman–Crippen LogP) is 1.43. The quantitative estimate of drug-likeness (QED) is 0.666. The average molecular weight is 336 g/mol. The van der Waals surface area contributed by atoms with Crippen molar-refractivity contribution in [3.8, 4) is 5.75 Å². The molecule has 2 amide bonds. The zero-order valence-electron chi connectivity index (χ0n) is 14.3.